The van der Waals surface area contributed by atoms with Crippen molar-refractivity contribution in [1.82, 2.24) is 0 Å². The second kappa shape index (κ2) is 5.69. The highest BCUT2D eigenvalue weighted by atomic mass is 16.5. The highest BCUT2D eigenvalue weighted by molar-refractivity contribution is 5.30. The lowest BCUT2D eigenvalue weighted by Crippen LogP contribution is -2.13. The minimum Gasteiger partial charge on any atom is -0.497 e. The number of nitrogens with two attached hydrogens (primary N) is 1. The molecule has 0 amide bonds. The zero-order chi connectivity index (χ0) is 13.0. The fourth-order valence-corrected chi connectivity index (χ4v) is 2.03. The standard InChI is InChI=1S/C16H19NO/c1-12-4-3-5-14(10-12)16(17)11-13-6-8-15(18-2)9-7-13/h3-10,16H,11,17H2,1-2H3. The lowest BCUT2D eigenvalue weighted by atomic mass is 9.98. The summed E-state index contributed by atoms with van der Waals surface area (Å²) in [7, 11) is 1.67. The van der Waals surface area contributed by atoms with Crippen molar-refractivity contribution in [3.05, 3.63) is 65.2 Å². The molecule has 2 aromatic rings. The Hall–Kier alpha value is -1.80. The topological polar surface area (TPSA) is 35.2 Å². The second-order valence-electron chi connectivity index (χ2n) is 4.57. The summed E-state index contributed by atoms with van der Waals surface area (Å²) < 4.78 is 5.14. The van der Waals surface area contributed by atoms with Crippen LogP contribution in [0.3, 0.4) is 0 Å². The summed E-state index contributed by atoms with van der Waals surface area (Å²) in [6, 6.07) is 16.5. The third kappa shape index (κ3) is 3.11. The lowest BCUT2D eigenvalue weighted by Gasteiger charge is -2.13. The molecular formula is C16H19NO. The van der Waals surface area contributed by atoms with Gasteiger partial charge in [0.05, 0.1) is 7.11 Å². The predicted molar refractivity (Wildman–Crippen MR) is 74.8 cm³/mol. The summed E-state index contributed by atoms with van der Waals surface area (Å²) >= 11 is 0. The van der Waals surface area contributed by atoms with Crippen LogP contribution in [-0.4, -0.2) is 7.11 Å². The predicted octanol–water partition coefficient (Wildman–Crippen LogP) is 3.25. The van der Waals surface area contributed by atoms with Crippen LogP contribution in [0.4, 0.5) is 0 Å². The summed E-state index contributed by atoms with van der Waals surface area (Å²) in [5.74, 6) is 0.878. The SMILES string of the molecule is COc1ccc(CC(N)c2cccc(C)c2)cc1. The molecule has 1 unspecified atom stereocenters. The molecule has 0 bridgehead atoms. The molecule has 0 heterocycles. The molecule has 0 aliphatic carbocycles. The first kappa shape index (κ1) is 12.7. The molecule has 2 aromatic carbocycles. The molecule has 0 aliphatic heterocycles. The number of rotatable bonds is 4. The largest absolute Gasteiger partial charge is 0.497 e. The van der Waals surface area contributed by atoms with E-state index in [1.165, 1.54) is 16.7 Å². The number of hydrogen-bond acceptors (Lipinski definition) is 2. The Balaban J connectivity index is 2.08. The van der Waals surface area contributed by atoms with Crippen LogP contribution in [-0.2, 0) is 6.42 Å². The first-order chi connectivity index (χ1) is 8.69. The Bertz CT molecular complexity index is 505. The van der Waals surface area contributed by atoms with Gasteiger partial charge in [0.2, 0.25) is 0 Å². The monoisotopic (exact) mass is 241 g/mol. The van der Waals surface area contributed by atoms with Gasteiger partial charge in [-0.05, 0) is 36.6 Å². The molecule has 2 heteroatoms. The number of methoxy groups -OCH3 is 1. The molecule has 0 saturated heterocycles. The van der Waals surface area contributed by atoms with Crippen molar-refractivity contribution in [3.8, 4) is 5.75 Å². The van der Waals surface area contributed by atoms with E-state index in [0.29, 0.717) is 0 Å². The van der Waals surface area contributed by atoms with Crippen LogP contribution in [0.2, 0.25) is 0 Å². The van der Waals surface area contributed by atoms with Gasteiger partial charge in [0.15, 0.2) is 0 Å². The van der Waals surface area contributed by atoms with Crippen LogP contribution >= 0.6 is 0 Å². The Kier molecular flexibility index (Phi) is 4.00. The Morgan fingerprint density at radius 1 is 1.11 bits per heavy atom. The molecule has 0 aromatic heterocycles. The normalized spacial score (nSPS) is 12.2. The van der Waals surface area contributed by atoms with E-state index < -0.39 is 0 Å². The molecule has 0 saturated carbocycles. The van der Waals surface area contributed by atoms with Crippen molar-refractivity contribution in [2.75, 3.05) is 7.11 Å². The quantitative estimate of drug-likeness (QED) is 0.891. The average Bonchev–Trinajstić information content (AvgIpc) is 2.39. The lowest BCUT2D eigenvalue weighted by molar-refractivity contribution is 0.414. The third-order valence-corrected chi connectivity index (χ3v) is 3.08. The third-order valence-electron chi connectivity index (χ3n) is 3.08. The molecule has 0 radical (unpaired) electrons. The summed E-state index contributed by atoms with van der Waals surface area (Å²) in [5, 5.41) is 0. The van der Waals surface area contributed by atoms with Crippen molar-refractivity contribution < 1.29 is 4.74 Å². The molecule has 94 valence electrons. The fourth-order valence-electron chi connectivity index (χ4n) is 2.03. The molecule has 2 N–H and O–H groups in total. The van der Waals surface area contributed by atoms with Gasteiger partial charge in [0.25, 0.3) is 0 Å². The van der Waals surface area contributed by atoms with Gasteiger partial charge in [-0.1, -0.05) is 42.0 Å². The number of hydrogen-bond donors (Lipinski definition) is 1. The molecule has 1 atom stereocenters. The second-order valence-corrected chi connectivity index (χ2v) is 4.57. The van der Waals surface area contributed by atoms with E-state index >= 15 is 0 Å². The Morgan fingerprint density at radius 3 is 2.44 bits per heavy atom. The Labute approximate surface area is 108 Å². The van der Waals surface area contributed by atoms with Crippen LogP contribution in [0.5, 0.6) is 5.75 Å². The molecule has 0 fully saturated rings. The minimum absolute atomic E-state index is 0.0401. The van der Waals surface area contributed by atoms with E-state index in [4.69, 9.17) is 10.5 Å². The van der Waals surface area contributed by atoms with Gasteiger partial charge in [-0.25, -0.2) is 0 Å². The molecule has 18 heavy (non-hydrogen) atoms. The summed E-state index contributed by atoms with van der Waals surface area (Å²) in [5.41, 5.74) is 9.90. The van der Waals surface area contributed by atoms with Crippen LogP contribution in [0.25, 0.3) is 0 Å². The summed E-state index contributed by atoms with van der Waals surface area (Å²) in [4.78, 5) is 0. The first-order valence-electron chi connectivity index (χ1n) is 6.14. The number of benzene rings is 2. The maximum atomic E-state index is 6.24. The maximum Gasteiger partial charge on any atom is 0.118 e. The Morgan fingerprint density at radius 2 is 1.83 bits per heavy atom. The minimum atomic E-state index is 0.0401. The van der Waals surface area contributed by atoms with E-state index in [1.807, 2.05) is 12.1 Å². The van der Waals surface area contributed by atoms with Crippen LogP contribution < -0.4 is 10.5 Å². The molecule has 2 rings (SSSR count). The van der Waals surface area contributed by atoms with Gasteiger partial charge >= 0.3 is 0 Å². The van der Waals surface area contributed by atoms with Gasteiger partial charge in [-0.2, -0.15) is 0 Å². The van der Waals surface area contributed by atoms with Gasteiger partial charge < -0.3 is 10.5 Å². The van der Waals surface area contributed by atoms with Crippen molar-refractivity contribution in [3.63, 3.8) is 0 Å². The number of ether oxygens (including phenoxy) is 1. The smallest absolute Gasteiger partial charge is 0.118 e. The van der Waals surface area contributed by atoms with E-state index in [2.05, 4.69) is 43.3 Å². The van der Waals surface area contributed by atoms with Gasteiger partial charge in [-0.3, -0.25) is 0 Å². The van der Waals surface area contributed by atoms with E-state index in [-0.39, 0.29) is 6.04 Å². The van der Waals surface area contributed by atoms with E-state index in [1.54, 1.807) is 7.11 Å². The van der Waals surface area contributed by atoms with Gasteiger partial charge in [0.1, 0.15) is 5.75 Å². The van der Waals surface area contributed by atoms with Crippen LogP contribution in [0, 0.1) is 6.92 Å². The van der Waals surface area contributed by atoms with Gasteiger partial charge in [0, 0.05) is 6.04 Å². The fraction of sp³-hybridized carbons (Fsp3) is 0.250. The summed E-state index contributed by atoms with van der Waals surface area (Å²) in [6.07, 6.45) is 0.841. The highest BCUT2D eigenvalue weighted by Crippen LogP contribution is 2.19. The first-order valence-corrected chi connectivity index (χ1v) is 6.14. The van der Waals surface area contributed by atoms with Crippen molar-refractivity contribution in [1.29, 1.82) is 0 Å². The van der Waals surface area contributed by atoms with Crippen molar-refractivity contribution in [2.45, 2.75) is 19.4 Å². The van der Waals surface area contributed by atoms with E-state index in [9.17, 15) is 0 Å². The van der Waals surface area contributed by atoms with E-state index in [0.717, 1.165) is 12.2 Å². The summed E-state index contributed by atoms with van der Waals surface area (Å²) in [6.45, 7) is 2.09. The highest BCUT2D eigenvalue weighted by Gasteiger charge is 2.07. The molecule has 0 spiro atoms. The van der Waals surface area contributed by atoms with Crippen molar-refractivity contribution >= 4 is 0 Å². The zero-order valence-electron chi connectivity index (χ0n) is 10.9. The zero-order valence-corrected chi connectivity index (χ0v) is 10.9. The molecule has 2 nitrogen and oxygen atoms in total. The van der Waals surface area contributed by atoms with Crippen LogP contribution in [0.15, 0.2) is 48.5 Å². The van der Waals surface area contributed by atoms with Crippen molar-refractivity contribution in [2.24, 2.45) is 5.73 Å². The number of aryl methyl sites for hydroxylation is 1. The van der Waals surface area contributed by atoms with Gasteiger partial charge in [-0.15, -0.1) is 0 Å². The van der Waals surface area contributed by atoms with Crippen LogP contribution in [0.1, 0.15) is 22.7 Å². The average molecular weight is 241 g/mol. The molecular weight excluding hydrogens is 222 g/mol. The maximum absolute atomic E-state index is 6.24. The molecule has 0 aliphatic rings.